The third kappa shape index (κ3) is 2.92. The van der Waals surface area contributed by atoms with Crippen molar-refractivity contribution in [1.82, 2.24) is 15.3 Å². The number of benzene rings is 1. The number of hydrogen-bond acceptors (Lipinski definition) is 3. The molecule has 0 amide bonds. The molecule has 1 saturated carbocycles. The van der Waals surface area contributed by atoms with Gasteiger partial charge in [0.2, 0.25) is 0 Å². The molecule has 0 radical (unpaired) electrons. The molecule has 100 valence electrons. The van der Waals surface area contributed by atoms with E-state index in [1.165, 1.54) is 19.3 Å². The van der Waals surface area contributed by atoms with Crippen molar-refractivity contribution in [3.63, 3.8) is 0 Å². The molecule has 3 heteroatoms. The lowest BCUT2D eigenvalue weighted by molar-refractivity contribution is 0.391. The van der Waals surface area contributed by atoms with E-state index in [2.05, 4.69) is 22.2 Å². The molecule has 19 heavy (non-hydrogen) atoms. The summed E-state index contributed by atoms with van der Waals surface area (Å²) in [7, 11) is 0. The van der Waals surface area contributed by atoms with E-state index in [-0.39, 0.29) is 0 Å². The minimum atomic E-state index is 0.820. The smallest absolute Gasteiger partial charge is 0.0890 e. The fraction of sp³-hybridized carbons (Fsp3) is 0.500. The van der Waals surface area contributed by atoms with Crippen LogP contribution in [0.5, 0.6) is 0 Å². The van der Waals surface area contributed by atoms with Gasteiger partial charge >= 0.3 is 0 Å². The molecule has 3 rings (SSSR count). The monoisotopic (exact) mass is 255 g/mol. The van der Waals surface area contributed by atoms with Gasteiger partial charge < -0.3 is 5.32 Å². The number of aromatic nitrogens is 2. The lowest BCUT2D eigenvalue weighted by Gasteiger charge is -2.15. The van der Waals surface area contributed by atoms with Crippen LogP contribution in [0.15, 0.2) is 30.5 Å². The number of nitrogens with one attached hydrogen (secondary N) is 1. The molecule has 1 aliphatic rings. The highest BCUT2D eigenvalue weighted by molar-refractivity contribution is 5.73. The highest BCUT2D eigenvalue weighted by Gasteiger charge is 2.22. The van der Waals surface area contributed by atoms with Crippen LogP contribution in [0.1, 0.15) is 31.9 Å². The van der Waals surface area contributed by atoms with Crippen LogP contribution in [-0.2, 0) is 6.54 Å². The van der Waals surface area contributed by atoms with Gasteiger partial charge in [-0.2, -0.15) is 0 Å². The molecule has 2 aromatic rings. The molecule has 2 atom stereocenters. The topological polar surface area (TPSA) is 37.8 Å². The summed E-state index contributed by atoms with van der Waals surface area (Å²) >= 11 is 0. The summed E-state index contributed by atoms with van der Waals surface area (Å²) in [6.07, 6.45) is 6.04. The van der Waals surface area contributed by atoms with E-state index >= 15 is 0 Å². The van der Waals surface area contributed by atoms with Crippen LogP contribution in [0.3, 0.4) is 0 Å². The number of para-hydroxylation sites is 2. The maximum atomic E-state index is 4.63. The Balaban J connectivity index is 1.59. The van der Waals surface area contributed by atoms with Gasteiger partial charge in [-0.25, -0.2) is 4.98 Å². The van der Waals surface area contributed by atoms with Gasteiger partial charge in [0.1, 0.15) is 0 Å². The van der Waals surface area contributed by atoms with E-state index < -0.39 is 0 Å². The van der Waals surface area contributed by atoms with Crippen molar-refractivity contribution in [2.45, 2.75) is 32.7 Å². The largest absolute Gasteiger partial charge is 0.311 e. The number of nitrogens with zero attached hydrogens (tertiary/aromatic N) is 2. The molecule has 0 saturated heterocycles. The Labute approximate surface area is 114 Å². The molecule has 0 bridgehead atoms. The molecule has 1 heterocycles. The summed E-state index contributed by atoms with van der Waals surface area (Å²) in [5, 5.41) is 3.54. The van der Waals surface area contributed by atoms with Gasteiger partial charge in [0.25, 0.3) is 0 Å². The Bertz CT molecular complexity index is 552. The second-order valence-electron chi connectivity index (χ2n) is 5.65. The zero-order chi connectivity index (χ0) is 13.1. The van der Waals surface area contributed by atoms with Crippen molar-refractivity contribution in [3.8, 4) is 0 Å². The van der Waals surface area contributed by atoms with Crippen LogP contribution in [0.2, 0.25) is 0 Å². The van der Waals surface area contributed by atoms with Crippen LogP contribution < -0.4 is 5.32 Å². The van der Waals surface area contributed by atoms with E-state index in [1.54, 1.807) is 0 Å². The number of fused-ring (bicyclic) bond motifs is 1. The van der Waals surface area contributed by atoms with Crippen molar-refractivity contribution >= 4 is 11.0 Å². The van der Waals surface area contributed by atoms with Crippen molar-refractivity contribution < 1.29 is 0 Å². The van der Waals surface area contributed by atoms with Crippen LogP contribution in [0.25, 0.3) is 11.0 Å². The lowest BCUT2D eigenvalue weighted by Crippen LogP contribution is -2.24. The maximum Gasteiger partial charge on any atom is 0.0890 e. The van der Waals surface area contributed by atoms with E-state index in [9.17, 15) is 0 Å². The lowest BCUT2D eigenvalue weighted by atomic mass is 9.98. The van der Waals surface area contributed by atoms with E-state index in [1.807, 2.05) is 30.5 Å². The normalized spacial score (nSPS) is 23.0. The molecular formula is C16H21N3. The highest BCUT2D eigenvalue weighted by atomic mass is 14.9. The third-order valence-corrected chi connectivity index (χ3v) is 4.25. The SMILES string of the molecule is CC1CCCC1CNCc1cnc2ccccc2n1. The van der Waals surface area contributed by atoms with E-state index in [4.69, 9.17) is 0 Å². The van der Waals surface area contributed by atoms with Crippen LogP contribution in [-0.4, -0.2) is 16.5 Å². The maximum absolute atomic E-state index is 4.63. The van der Waals surface area contributed by atoms with E-state index in [0.717, 1.165) is 41.7 Å². The summed E-state index contributed by atoms with van der Waals surface area (Å²) in [5.74, 6) is 1.71. The molecule has 1 aliphatic carbocycles. The van der Waals surface area contributed by atoms with Crippen molar-refractivity contribution in [2.75, 3.05) is 6.54 Å². The first-order valence-electron chi connectivity index (χ1n) is 7.24. The van der Waals surface area contributed by atoms with Crippen molar-refractivity contribution in [2.24, 2.45) is 11.8 Å². The Kier molecular flexibility index (Phi) is 3.74. The van der Waals surface area contributed by atoms with Crippen molar-refractivity contribution in [3.05, 3.63) is 36.2 Å². The Morgan fingerprint density at radius 2 is 2.05 bits per heavy atom. The molecular weight excluding hydrogens is 234 g/mol. The summed E-state index contributed by atoms with van der Waals surface area (Å²) in [5.41, 5.74) is 2.98. The molecule has 2 unspecified atom stereocenters. The van der Waals surface area contributed by atoms with Gasteiger partial charge in [-0.3, -0.25) is 4.98 Å². The second-order valence-corrected chi connectivity index (χ2v) is 5.65. The van der Waals surface area contributed by atoms with E-state index in [0.29, 0.717) is 0 Å². The first-order valence-corrected chi connectivity index (χ1v) is 7.24. The third-order valence-electron chi connectivity index (χ3n) is 4.25. The Morgan fingerprint density at radius 3 is 2.84 bits per heavy atom. The van der Waals surface area contributed by atoms with Gasteiger partial charge in [-0.05, 0) is 36.9 Å². The molecule has 3 nitrogen and oxygen atoms in total. The molecule has 1 aromatic heterocycles. The minimum Gasteiger partial charge on any atom is -0.311 e. The van der Waals surface area contributed by atoms with Crippen LogP contribution in [0, 0.1) is 11.8 Å². The van der Waals surface area contributed by atoms with Crippen LogP contribution in [0.4, 0.5) is 0 Å². The van der Waals surface area contributed by atoms with Gasteiger partial charge in [-0.1, -0.05) is 31.9 Å². The first kappa shape index (κ1) is 12.5. The minimum absolute atomic E-state index is 0.820. The van der Waals surface area contributed by atoms with Crippen LogP contribution >= 0.6 is 0 Å². The number of rotatable bonds is 4. The highest BCUT2D eigenvalue weighted by Crippen LogP contribution is 2.30. The standard InChI is InChI=1S/C16H21N3/c1-12-5-4-6-13(12)9-17-10-14-11-18-15-7-2-3-8-16(15)19-14/h2-3,7-8,11-13,17H,4-6,9-10H2,1H3. The Morgan fingerprint density at radius 1 is 1.21 bits per heavy atom. The molecule has 0 spiro atoms. The summed E-state index contributed by atoms with van der Waals surface area (Å²) < 4.78 is 0. The van der Waals surface area contributed by atoms with Gasteiger partial charge in [0, 0.05) is 6.54 Å². The van der Waals surface area contributed by atoms with Gasteiger partial charge in [0.15, 0.2) is 0 Å². The molecule has 1 fully saturated rings. The summed E-state index contributed by atoms with van der Waals surface area (Å²) in [6, 6.07) is 8.02. The molecule has 1 aromatic carbocycles. The summed E-state index contributed by atoms with van der Waals surface area (Å²) in [4.78, 5) is 9.08. The fourth-order valence-corrected chi connectivity index (χ4v) is 2.99. The quantitative estimate of drug-likeness (QED) is 0.912. The number of hydrogen-bond donors (Lipinski definition) is 1. The second kappa shape index (κ2) is 5.66. The first-order chi connectivity index (χ1) is 9.33. The zero-order valence-corrected chi connectivity index (χ0v) is 11.5. The van der Waals surface area contributed by atoms with Gasteiger partial charge in [-0.15, -0.1) is 0 Å². The fourth-order valence-electron chi connectivity index (χ4n) is 2.99. The predicted octanol–water partition coefficient (Wildman–Crippen LogP) is 3.16. The van der Waals surface area contributed by atoms with Gasteiger partial charge in [0.05, 0.1) is 22.9 Å². The Hall–Kier alpha value is -1.48. The predicted molar refractivity (Wildman–Crippen MR) is 77.7 cm³/mol. The zero-order valence-electron chi connectivity index (χ0n) is 11.5. The summed E-state index contributed by atoms with van der Waals surface area (Å²) in [6.45, 7) is 4.30. The average Bonchev–Trinajstić information content (AvgIpc) is 2.84. The molecule has 1 N–H and O–H groups in total. The average molecular weight is 255 g/mol. The molecule has 0 aliphatic heterocycles. The van der Waals surface area contributed by atoms with Crippen molar-refractivity contribution in [1.29, 1.82) is 0 Å².